The molecule has 144 valence electrons. The number of nitro benzene ring substituents is 1. The molecule has 0 aliphatic rings. The molecule has 0 fully saturated rings. The molecule has 0 saturated carbocycles. The van der Waals surface area contributed by atoms with E-state index in [-0.39, 0.29) is 24.9 Å². The number of nitro groups is 1. The average molecular weight is 383 g/mol. The molecule has 1 rings (SSSR count). The Morgan fingerprint density at radius 2 is 1.88 bits per heavy atom. The van der Waals surface area contributed by atoms with Gasteiger partial charge in [-0.25, -0.2) is 0 Å². The molecule has 1 atom stereocenters. The number of non-ortho nitro benzene ring substituents is 1. The highest BCUT2D eigenvalue weighted by Crippen LogP contribution is 2.57. The third kappa shape index (κ3) is 6.38. The quantitative estimate of drug-likeness (QED) is 0.240. The molecular formula is C17H26N3O5P. The molecule has 1 aromatic rings. The lowest BCUT2D eigenvalue weighted by molar-refractivity contribution is -0.384. The molecule has 26 heavy (non-hydrogen) atoms. The molecule has 0 aliphatic heterocycles. The second kappa shape index (κ2) is 10.9. The summed E-state index contributed by atoms with van der Waals surface area (Å²) in [6.07, 6.45) is 3.26. The number of nitrogens with one attached hydrogen (secondary N) is 2. The second-order valence-corrected chi connectivity index (χ2v) is 7.30. The van der Waals surface area contributed by atoms with Crippen molar-refractivity contribution in [3.8, 4) is 0 Å². The van der Waals surface area contributed by atoms with Gasteiger partial charge in [-0.15, -0.1) is 6.58 Å². The van der Waals surface area contributed by atoms with Gasteiger partial charge in [-0.3, -0.25) is 14.7 Å². The molecule has 0 spiro atoms. The highest BCUT2D eigenvalue weighted by atomic mass is 31.2. The topological polar surface area (TPSA) is 103 Å². The second-order valence-electron chi connectivity index (χ2n) is 5.27. The fraction of sp³-hybridized carbons (Fsp3) is 0.412. The van der Waals surface area contributed by atoms with Crippen LogP contribution in [0.15, 0.2) is 48.4 Å². The summed E-state index contributed by atoms with van der Waals surface area (Å²) >= 11 is 0. The van der Waals surface area contributed by atoms with Crippen LogP contribution in [0.4, 0.5) is 11.4 Å². The van der Waals surface area contributed by atoms with Crippen LogP contribution in [0.25, 0.3) is 0 Å². The largest absolute Gasteiger partial charge is 0.361 e. The highest BCUT2D eigenvalue weighted by Gasteiger charge is 2.33. The van der Waals surface area contributed by atoms with Gasteiger partial charge in [0.1, 0.15) is 0 Å². The van der Waals surface area contributed by atoms with Crippen molar-refractivity contribution in [3.63, 3.8) is 0 Å². The summed E-state index contributed by atoms with van der Waals surface area (Å²) in [6, 6.07) is 5.61. The Morgan fingerprint density at radius 1 is 1.31 bits per heavy atom. The number of hydrogen-bond donors (Lipinski definition) is 2. The van der Waals surface area contributed by atoms with Crippen LogP contribution in [-0.2, 0) is 13.6 Å². The summed E-state index contributed by atoms with van der Waals surface area (Å²) < 4.78 is 24.1. The maximum atomic E-state index is 13.2. The van der Waals surface area contributed by atoms with Crippen LogP contribution in [0.5, 0.6) is 0 Å². The monoisotopic (exact) mass is 383 g/mol. The van der Waals surface area contributed by atoms with Crippen molar-refractivity contribution in [1.82, 2.24) is 5.32 Å². The minimum atomic E-state index is -3.49. The predicted molar refractivity (Wildman–Crippen MR) is 103 cm³/mol. The van der Waals surface area contributed by atoms with Crippen LogP contribution >= 0.6 is 7.60 Å². The van der Waals surface area contributed by atoms with E-state index in [2.05, 4.69) is 17.2 Å². The SMILES string of the molecule is C=CCNC(C)/C(=C\Nc1ccc([N+](=O)[O-])cc1)P(=O)(OCC)OCC. The molecule has 0 heterocycles. The van der Waals surface area contributed by atoms with Crippen molar-refractivity contribution in [2.75, 3.05) is 25.1 Å². The molecule has 0 aliphatic carbocycles. The van der Waals surface area contributed by atoms with Crippen molar-refractivity contribution in [1.29, 1.82) is 0 Å². The molecule has 1 aromatic carbocycles. The Labute approximate surface area is 154 Å². The van der Waals surface area contributed by atoms with Gasteiger partial charge in [0.2, 0.25) is 0 Å². The number of hydrogen-bond acceptors (Lipinski definition) is 7. The number of nitrogens with zero attached hydrogens (tertiary/aromatic N) is 1. The van der Waals surface area contributed by atoms with Crippen molar-refractivity contribution in [3.05, 3.63) is 58.5 Å². The van der Waals surface area contributed by atoms with Gasteiger partial charge in [-0.1, -0.05) is 6.08 Å². The summed E-state index contributed by atoms with van der Waals surface area (Å²) in [5.74, 6) is 0. The van der Waals surface area contributed by atoms with Crippen molar-refractivity contribution in [2.24, 2.45) is 0 Å². The Balaban J connectivity index is 3.12. The third-order valence-corrected chi connectivity index (χ3v) is 5.74. The first-order valence-corrected chi connectivity index (χ1v) is 9.87. The van der Waals surface area contributed by atoms with Gasteiger partial charge in [0.05, 0.1) is 23.5 Å². The Morgan fingerprint density at radius 3 is 2.35 bits per heavy atom. The van der Waals surface area contributed by atoms with Gasteiger partial charge in [-0.05, 0) is 32.9 Å². The minimum absolute atomic E-state index is 0.00456. The highest BCUT2D eigenvalue weighted by molar-refractivity contribution is 7.58. The number of rotatable bonds is 12. The predicted octanol–water partition coefficient (Wildman–Crippen LogP) is 4.28. The molecule has 0 saturated heterocycles. The van der Waals surface area contributed by atoms with E-state index in [1.54, 1.807) is 38.3 Å². The molecule has 0 bridgehead atoms. The van der Waals surface area contributed by atoms with Gasteiger partial charge < -0.3 is 19.7 Å². The molecule has 0 aromatic heterocycles. The van der Waals surface area contributed by atoms with E-state index in [9.17, 15) is 14.7 Å². The van der Waals surface area contributed by atoms with E-state index in [1.807, 2.05) is 6.92 Å². The zero-order chi connectivity index (χ0) is 19.6. The lowest BCUT2D eigenvalue weighted by Gasteiger charge is -2.25. The zero-order valence-corrected chi connectivity index (χ0v) is 16.2. The lowest BCUT2D eigenvalue weighted by atomic mass is 10.3. The first-order chi connectivity index (χ1) is 12.4. The van der Waals surface area contributed by atoms with Crippen LogP contribution in [0.3, 0.4) is 0 Å². The van der Waals surface area contributed by atoms with Crippen LogP contribution < -0.4 is 10.6 Å². The van der Waals surface area contributed by atoms with Crippen molar-refractivity contribution in [2.45, 2.75) is 26.8 Å². The van der Waals surface area contributed by atoms with E-state index in [4.69, 9.17) is 9.05 Å². The molecular weight excluding hydrogens is 357 g/mol. The van der Waals surface area contributed by atoms with E-state index >= 15 is 0 Å². The molecule has 0 amide bonds. The smallest absolute Gasteiger partial charge is 0.360 e. The standard InChI is InChI=1S/C17H26N3O5P/c1-5-12-18-14(4)17(26(23,24-6-2)25-7-3)13-19-15-8-10-16(11-9-15)20(21)22/h5,8-11,13-14,18-19H,1,6-7,12H2,2-4H3/b17-13+. The van der Waals surface area contributed by atoms with Crippen LogP contribution in [-0.4, -0.2) is 30.7 Å². The Hall–Kier alpha value is -1.99. The van der Waals surface area contributed by atoms with Crippen molar-refractivity contribution < 1.29 is 18.5 Å². The number of benzene rings is 1. The molecule has 2 N–H and O–H groups in total. The van der Waals surface area contributed by atoms with Gasteiger partial charge in [0.25, 0.3) is 5.69 Å². The summed E-state index contributed by atoms with van der Waals surface area (Å²) in [5.41, 5.74) is 0.610. The minimum Gasteiger partial charge on any atom is -0.361 e. The Bertz CT molecular complexity index is 665. The van der Waals surface area contributed by atoms with Gasteiger partial charge >= 0.3 is 7.60 Å². The fourth-order valence-electron chi connectivity index (χ4n) is 2.17. The maximum Gasteiger partial charge on any atom is 0.360 e. The normalized spacial score (nSPS) is 13.3. The molecule has 9 heteroatoms. The Kier molecular flexibility index (Phi) is 9.23. The number of anilines is 1. The van der Waals surface area contributed by atoms with Crippen LogP contribution in [0.2, 0.25) is 0 Å². The van der Waals surface area contributed by atoms with E-state index in [1.165, 1.54) is 12.1 Å². The molecule has 1 unspecified atom stereocenters. The summed E-state index contributed by atoms with van der Waals surface area (Å²) in [5, 5.41) is 17.3. The molecule has 0 radical (unpaired) electrons. The lowest BCUT2D eigenvalue weighted by Crippen LogP contribution is -2.29. The fourth-order valence-corrected chi connectivity index (χ4v) is 4.01. The van der Waals surface area contributed by atoms with E-state index in [0.29, 0.717) is 17.5 Å². The van der Waals surface area contributed by atoms with Crippen LogP contribution in [0, 0.1) is 10.1 Å². The first-order valence-electron chi connectivity index (χ1n) is 8.33. The summed E-state index contributed by atoms with van der Waals surface area (Å²) in [7, 11) is -3.49. The summed E-state index contributed by atoms with van der Waals surface area (Å²) in [4.78, 5) is 10.3. The zero-order valence-electron chi connectivity index (χ0n) is 15.3. The van der Waals surface area contributed by atoms with Crippen LogP contribution in [0.1, 0.15) is 20.8 Å². The van der Waals surface area contributed by atoms with E-state index in [0.717, 1.165) is 0 Å². The van der Waals surface area contributed by atoms with Gasteiger partial charge in [0, 0.05) is 36.6 Å². The average Bonchev–Trinajstić information content (AvgIpc) is 2.60. The summed E-state index contributed by atoms with van der Waals surface area (Å²) in [6.45, 7) is 9.99. The van der Waals surface area contributed by atoms with Gasteiger partial charge in [0.15, 0.2) is 0 Å². The van der Waals surface area contributed by atoms with Crippen molar-refractivity contribution >= 4 is 19.0 Å². The third-order valence-electron chi connectivity index (χ3n) is 3.39. The first kappa shape index (κ1) is 22.1. The maximum absolute atomic E-state index is 13.2. The van der Waals surface area contributed by atoms with E-state index < -0.39 is 12.5 Å². The van der Waals surface area contributed by atoms with Gasteiger partial charge in [-0.2, -0.15) is 0 Å². The molecule has 8 nitrogen and oxygen atoms in total.